The first-order valence-electron chi connectivity index (χ1n) is 7.68. The van der Waals surface area contributed by atoms with Crippen molar-refractivity contribution in [3.05, 3.63) is 52.2 Å². The first-order valence-corrected chi connectivity index (χ1v) is 8.62. The topological polar surface area (TPSA) is 41.6 Å². The molecule has 0 bridgehead atoms. The first kappa shape index (κ1) is 17.5. The van der Waals surface area contributed by atoms with E-state index in [1.165, 1.54) is 5.56 Å². The minimum Gasteiger partial charge on any atom is -0.497 e. The van der Waals surface area contributed by atoms with Gasteiger partial charge in [0.25, 0.3) is 0 Å². The number of nitrogens with one attached hydrogen (secondary N) is 1. The number of thiophene rings is 1. The molecular formula is C18H24N2O2S. The van der Waals surface area contributed by atoms with Gasteiger partial charge in [-0.1, -0.05) is 12.1 Å². The van der Waals surface area contributed by atoms with Crippen molar-refractivity contribution < 1.29 is 9.53 Å². The van der Waals surface area contributed by atoms with Gasteiger partial charge in [0.2, 0.25) is 5.91 Å². The van der Waals surface area contributed by atoms with Gasteiger partial charge in [0.1, 0.15) is 5.75 Å². The van der Waals surface area contributed by atoms with Crippen molar-refractivity contribution in [3.8, 4) is 5.75 Å². The lowest BCUT2D eigenvalue weighted by Gasteiger charge is -2.24. The van der Waals surface area contributed by atoms with Crippen LogP contribution in [0.1, 0.15) is 23.6 Å². The molecule has 0 saturated heterocycles. The Morgan fingerprint density at radius 3 is 2.57 bits per heavy atom. The van der Waals surface area contributed by atoms with Crippen LogP contribution in [0.2, 0.25) is 0 Å². The van der Waals surface area contributed by atoms with E-state index in [9.17, 15) is 4.79 Å². The Bertz CT molecular complexity index is 594. The number of likely N-dealkylation sites (N-methyl/N-ethyl adjacent to an activating group) is 1. The molecule has 2 rings (SSSR count). The number of amides is 1. The van der Waals surface area contributed by atoms with E-state index in [0.717, 1.165) is 17.7 Å². The summed E-state index contributed by atoms with van der Waals surface area (Å²) in [5.74, 6) is 0.922. The van der Waals surface area contributed by atoms with Crippen LogP contribution in [0.4, 0.5) is 0 Å². The molecule has 0 fully saturated rings. The zero-order valence-electron chi connectivity index (χ0n) is 13.9. The number of nitrogens with zero attached hydrogens (tertiary/aromatic N) is 1. The van der Waals surface area contributed by atoms with Gasteiger partial charge in [0.05, 0.1) is 13.2 Å². The molecule has 1 heterocycles. The highest BCUT2D eigenvalue weighted by atomic mass is 32.1. The summed E-state index contributed by atoms with van der Waals surface area (Å²) in [7, 11) is 5.72. The average Bonchev–Trinajstić information content (AvgIpc) is 3.07. The summed E-state index contributed by atoms with van der Waals surface area (Å²) in [4.78, 5) is 14.2. The van der Waals surface area contributed by atoms with Gasteiger partial charge >= 0.3 is 0 Å². The third kappa shape index (κ3) is 5.37. The third-order valence-electron chi connectivity index (χ3n) is 3.84. The Labute approximate surface area is 142 Å². The Kier molecular flexibility index (Phi) is 6.62. The van der Waals surface area contributed by atoms with E-state index in [-0.39, 0.29) is 11.9 Å². The van der Waals surface area contributed by atoms with Gasteiger partial charge < -0.3 is 15.0 Å². The predicted molar refractivity (Wildman–Crippen MR) is 95.1 cm³/mol. The molecule has 1 unspecified atom stereocenters. The number of rotatable bonds is 8. The van der Waals surface area contributed by atoms with Crippen molar-refractivity contribution in [1.82, 2.24) is 10.2 Å². The average molecular weight is 332 g/mol. The maximum absolute atomic E-state index is 12.1. The van der Waals surface area contributed by atoms with Gasteiger partial charge in [0, 0.05) is 13.0 Å². The molecular weight excluding hydrogens is 308 g/mol. The van der Waals surface area contributed by atoms with E-state index in [1.54, 1.807) is 18.4 Å². The van der Waals surface area contributed by atoms with E-state index >= 15 is 0 Å². The summed E-state index contributed by atoms with van der Waals surface area (Å²) in [5.41, 5.74) is 2.39. The molecule has 23 heavy (non-hydrogen) atoms. The quantitative estimate of drug-likeness (QED) is 0.807. The highest BCUT2D eigenvalue weighted by Crippen LogP contribution is 2.20. The lowest BCUT2D eigenvalue weighted by molar-refractivity contribution is -0.121. The van der Waals surface area contributed by atoms with Crippen LogP contribution >= 0.6 is 11.3 Å². The van der Waals surface area contributed by atoms with Crippen molar-refractivity contribution >= 4 is 17.2 Å². The fourth-order valence-corrected chi connectivity index (χ4v) is 3.12. The highest BCUT2D eigenvalue weighted by Gasteiger charge is 2.15. The Hall–Kier alpha value is -1.85. The molecule has 0 saturated carbocycles. The molecule has 1 N–H and O–H groups in total. The van der Waals surface area contributed by atoms with Crippen LogP contribution in [0, 0.1) is 0 Å². The maximum atomic E-state index is 12.1. The fraction of sp³-hybridized carbons (Fsp3) is 0.389. The standard InChI is InChI=1S/C18H24N2O2S/c1-20(2)17(15-10-11-23-13-15)12-19-18(21)9-6-14-4-7-16(22-3)8-5-14/h4-5,7-8,10-11,13,17H,6,9,12H2,1-3H3,(H,19,21). The number of carbonyl (C=O) groups excluding carboxylic acids is 1. The van der Waals surface area contributed by atoms with Crippen LogP contribution in [-0.4, -0.2) is 38.6 Å². The van der Waals surface area contributed by atoms with Crippen molar-refractivity contribution in [3.63, 3.8) is 0 Å². The lowest BCUT2D eigenvalue weighted by atomic mass is 10.1. The van der Waals surface area contributed by atoms with Gasteiger partial charge in [-0.3, -0.25) is 4.79 Å². The minimum absolute atomic E-state index is 0.0860. The first-order chi connectivity index (χ1) is 11.1. The van der Waals surface area contributed by atoms with Crippen molar-refractivity contribution in [2.24, 2.45) is 0 Å². The number of benzene rings is 1. The number of ether oxygens (including phenoxy) is 1. The minimum atomic E-state index is 0.0860. The summed E-state index contributed by atoms with van der Waals surface area (Å²) in [6.07, 6.45) is 1.23. The van der Waals surface area contributed by atoms with E-state index < -0.39 is 0 Å². The lowest BCUT2D eigenvalue weighted by Crippen LogP contribution is -2.34. The fourth-order valence-electron chi connectivity index (χ4n) is 2.41. The van der Waals surface area contributed by atoms with Gasteiger partial charge in [-0.05, 0) is 60.6 Å². The van der Waals surface area contributed by atoms with Crippen molar-refractivity contribution in [2.45, 2.75) is 18.9 Å². The van der Waals surface area contributed by atoms with Crippen LogP contribution < -0.4 is 10.1 Å². The molecule has 124 valence electrons. The van der Waals surface area contributed by atoms with Crippen molar-refractivity contribution in [2.75, 3.05) is 27.7 Å². The predicted octanol–water partition coefficient (Wildman–Crippen LogP) is 3.11. The van der Waals surface area contributed by atoms with Gasteiger partial charge in [-0.2, -0.15) is 11.3 Å². The second kappa shape index (κ2) is 8.70. The number of carbonyl (C=O) groups is 1. The molecule has 0 aliphatic heterocycles. The van der Waals surface area contributed by atoms with E-state index in [4.69, 9.17) is 4.74 Å². The summed E-state index contributed by atoms with van der Waals surface area (Å²) >= 11 is 1.68. The van der Waals surface area contributed by atoms with Crippen LogP contribution in [0.25, 0.3) is 0 Å². The SMILES string of the molecule is COc1ccc(CCC(=O)NCC(c2ccsc2)N(C)C)cc1. The van der Waals surface area contributed by atoms with Crippen LogP contribution in [0.15, 0.2) is 41.1 Å². The Morgan fingerprint density at radius 2 is 2.00 bits per heavy atom. The highest BCUT2D eigenvalue weighted by molar-refractivity contribution is 7.07. The van der Waals surface area contributed by atoms with Gasteiger partial charge in [-0.25, -0.2) is 0 Å². The molecule has 0 spiro atoms. The Morgan fingerprint density at radius 1 is 1.26 bits per heavy atom. The van der Waals surface area contributed by atoms with Crippen LogP contribution in [0.3, 0.4) is 0 Å². The van der Waals surface area contributed by atoms with Crippen LogP contribution in [0.5, 0.6) is 5.75 Å². The largest absolute Gasteiger partial charge is 0.497 e. The second-order valence-corrected chi connectivity index (χ2v) is 6.47. The summed E-state index contributed by atoms with van der Waals surface area (Å²) in [5, 5.41) is 7.24. The molecule has 5 heteroatoms. The second-order valence-electron chi connectivity index (χ2n) is 5.69. The number of hydrogen-bond acceptors (Lipinski definition) is 4. The van der Waals surface area contributed by atoms with Crippen LogP contribution in [-0.2, 0) is 11.2 Å². The normalized spacial score (nSPS) is 12.2. The van der Waals surface area contributed by atoms with E-state index in [0.29, 0.717) is 13.0 Å². The zero-order valence-corrected chi connectivity index (χ0v) is 14.7. The summed E-state index contributed by atoms with van der Waals surface area (Å²) in [6, 6.07) is 10.2. The zero-order chi connectivity index (χ0) is 16.7. The molecule has 1 aromatic carbocycles. The van der Waals surface area contributed by atoms with E-state index in [1.807, 2.05) is 38.4 Å². The molecule has 1 amide bonds. The Balaban J connectivity index is 1.79. The molecule has 0 aliphatic carbocycles. The third-order valence-corrected chi connectivity index (χ3v) is 4.55. The number of hydrogen-bond donors (Lipinski definition) is 1. The van der Waals surface area contributed by atoms with Gasteiger partial charge in [0.15, 0.2) is 0 Å². The van der Waals surface area contributed by atoms with Crippen molar-refractivity contribution in [1.29, 1.82) is 0 Å². The smallest absolute Gasteiger partial charge is 0.220 e. The molecule has 0 aliphatic rings. The molecule has 1 atom stereocenters. The molecule has 0 radical (unpaired) electrons. The summed E-state index contributed by atoms with van der Waals surface area (Å²) in [6.45, 7) is 0.630. The molecule has 2 aromatic rings. The van der Waals surface area contributed by atoms with E-state index in [2.05, 4.69) is 27.0 Å². The number of aryl methyl sites for hydroxylation is 1. The molecule has 1 aromatic heterocycles. The summed E-state index contributed by atoms with van der Waals surface area (Å²) < 4.78 is 5.13. The molecule has 4 nitrogen and oxygen atoms in total. The number of methoxy groups -OCH3 is 1. The monoisotopic (exact) mass is 332 g/mol. The van der Waals surface area contributed by atoms with Gasteiger partial charge in [-0.15, -0.1) is 0 Å². The maximum Gasteiger partial charge on any atom is 0.220 e.